The maximum atomic E-state index is 12.7. The lowest BCUT2D eigenvalue weighted by Crippen LogP contribution is -2.30. The summed E-state index contributed by atoms with van der Waals surface area (Å²) in [4.78, 5) is 33.6. The fraction of sp³-hybridized carbons (Fsp3) is 0.438. The second-order valence-corrected chi connectivity index (χ2v) is 8.11. The van der Waals surface area contributed by atoms with Crippen LogP contribution in [0.15, 0.2) is 29.2 Å². The second kappa shape index (κ2) is 7.64. The SMILES string of the molecule is COC(=O)C1CCC(S(=O)(=O)c2ccc(NC(=O)C(N)=O)cc2)CC1. The Balaban J connectivity index is 2.06. The first-order valence-electron chi connectivity index (χ1n) is 7.78. The van der Waals surface area contributed by atoms with E-state index in [2.05, 4.69) is 5.32 Å². The van der Waals surface area contributed by atoms with Crippen molar-refractivity contribution in [1.82, 2.24) is 0 Å². The summed E-state index contributed by atoms with van der Waals surface area (Å²) in [6.45, 7) is 0. The summed E-state index contributed by atoms with van der Waals surface area (Å²) in [7, 11) is -2.21. The van der Waals surface area contributed by atoms with Crippen LogP contribution in [0.25, 0.3) is 0 Å². The molecule has 9 heteroatoms. The van der Waals surface area contributed by atoms with Crippen LogP contribution in [0.3, 0.4) is 0 Å². The molecule has 1 aliphatic rings. The summed E-state index contributed by atoms with van der Waals surface area (Å²) in [6.07, 6.45) is 1.73. The molecule has 2 amide bonds. The average molecular weight is 368 g/mol. The third-order valence-corrected chi connectivity index (χ3v) is 6.59. The van der Waals surface area contributed by atoms with Gasteiger partial charge in [0.15, 0.2) is 9.84 Å². The molecule has 0 spiro atoms. The number of methoxy groups -OCH3 is 1. The van der Waals surface area contributed by atoms with Gasteiger partial charge in [0.2, 0.25) is 0 Å². The number of carbonyl (C=O) groups excluding carboxylic acids is 3. The number of hydrogen-bond acceptors (Lipinski definition) is 6. The topological polar surface area (TPSA) is 133 Å². The minimum atomic E-state index is -3.54. The zero-order chi connectivity index (χ0) is 18.6. The van der Waals surface area contributed by atoms with Gasteiger partial charge in [-0.05, 0) is 49.9 Å². The Labute approximate surface area is 145 Å². The van der Waals surface area contributed by atoms with Gasteiger partial charge in [0.1, 0.15) is 0 Å². The first-order valence-corrected chi connectivity index (χ1v) is 9.33. The average Bonchev–Trinajstić information content (AvgIpc) is 2.61. The lowest BCUT2D eigenvalue weighted by molar-refractivity contribution is -0.146. The van der Waals surface area contributed by atoms with Crippen LogP contribution in [-0.2, 0) is 29.0 Å². The van der Waals surface area contributed by atoms with E-state index in [1.807, 2.05) is 0 Å². The van der Waals surface area contributed by atoms with Gasteiger partial charge < -0.3 is 15.8 Å². The molecule has 0 aliphatic heterocycles. The maximum absolute atomic E-state index is 12.7. The quantitative estimate of drug-likeness (QED) is 0.591. The Morgan fingerprint density at radius 2 is 1.64 bits per heavy atom. The molecule has 1 saturated carbocycles. The Kier molecular flexibility index (Phi) is 5.78. The zero-order valence-corrected chi connectivity index (χ0v) is 14.5. The van der Waals surface area contributed by atoms with Crippen LogP contribution in [-0.4, -0.2) is 38.6 Å². The first-order chi connectivity index (χ1) is 11.8. The van der Waals surface area contributed by atoms with Gasteiger partial charge in [-0.1, -0.05) is 0 Å². The van der Waals surface area contributed by atoms with Crippen molar-refractivity contribution in [3.8, 4) is 0 Å². The molecule has 0 unspecified atom stereocenters. The van der Waals surface area contributed by atoms with Crippen molar-refractivity contribution < 1.29 is 27.5 Å². The minimum Gasteiger partial charge on any atom is -0.469 e. The highest BCUT2D eigenvalue weighted by Gasteiger charge is 2.34. The van der Waals surface area contributed by atoms with Crippen molar-refractivity contribution in [2.24, 2.45) is 11.7 Å². The lowest BCUT2D eigenvalue weighted by Gasteiger charge is -2.26. The summed E-state index contributed by atoms with van der Waals surface area (Å²) in [6, 6.07) is 5.54. The Morgan fingerprint density at radius 1 is 1.08 bits per heavy atom. The molecule has 1 fully saturated rings. The van der Waals surface area contributed by atoms with E-state index in [1.54, 1.807) is 0 Å². The van der Waals surface area contributed by atoms with E-state index >= 15 is 0 Å². The molecular formula is C16H20N2O6S. The molecule has 0 bridgehead atoms. The summed E-state index contributed by atoms with van der Waals surface area (Å²) >= 11 is 0. The predicted octanol–water partition coefficient (Wildman–Crippen LogP) is 0.616. The second-order valence-electron chi connectivity index (χ2n) is 5.88. The highest BCUT2D eigenvalue weighted by atomic mass is 32.2. The van der Waals surface area contributed by atoms with E-state index in [1.165, 1.54) is 31.4 Å². The van der Waals surface area contributed by atoms with Crippen molar-refractivity contribution in [3.63, 3.8) is 0 Å². The van der Waals surface area contributed by atoms with Crippen molar-refractivity contribution in [1.29, 1.82) is 0 Å². The molecule has 136 valence electrons. The molecule has 0 radical (unpaired) electrons. The highest BCUT2D eigenvalue weighted by Crippen LogP contribution is 2.32. The van der Waals surface area contributed by atoms with Crippen LogP contribution in [0.5, 0.6) is 0 Å². The van der Waals surface area contributed by atoms with Gasteiger partial charge in [-0.15, -0.1) is 0 Å². The van der Waals surface area contributed by atoms with Gasteiger partial charge in [-0.25, -0.2) is 8.42 Å². The summed E-state index contributed by atoms with van der Waals surface area (Å²) in [5.41, 5.74) is 5.12. The molecule has 1 aromatic carbocycles. The third-order valence-electron chi connectivity index (χ3n) is 4.31. The molecule has 1 aliphatic carbocycles. The molecule has 1 aromatic rings. The molecule has 0 saturated heterocycles. The number of nitrogens with two attached hydrogens (primary N) is 1. The lowest BCUT2D eigenvalue weighted by atomic mass is 9.89. The third kappa shape index (κ3) is 4.36. The number of sulfone groups is 1. The summed E-state index contributed by atoms with van der Waals surface area (Å²) in [5, 5.41) is 1.71. The van der Waals surface area contributed by atoms with Crippen molar-refractivity contribution in [3.05, 3.63) is 24.3 Å². The monoisotopic (exact) mass is 368 g/mol. The molecule has 8 nitrogen and oxygen atoms in total. The molecule has 2 rings (SSSR count). The predicted molar refractivity (Wildman–Crippen MR) is 89.2 cm³/mol. The molecule has 0 atom stereocenters. The number of esters is 1. The van der Waals surface area contributed by atoms with Crippen molar-refractivity contribution >= 4 is 33.3 Å². The van der Waals surface area contributed by atoms with E-state index in [9.17, 15) is 22.8 Å². The molecule has 25 heavy (non-hydrogen) atoms. The van der Waals surface area contributed by atoms with Crippen LogP contribution >= 0.6 is 0 Å². The minimum absolute atomic E-state index is 0.131. The number of rotatable bonds is 4. The van der Waals surface area contributed by atoms with E-state index < -0.39 is 26.9 Å². The summed E-state index contributed by atoms with van der Waals surface area (Å²) < 4.78 is 30.1. The largest absolute Gasteiger partial charge is 0.469 e. The number of ether oxygens (including phenoxy) is 1. The number of hydrogen-bond donors (Lipinski definition) is 2. The Hall–Kier alpha value is -2.42. The first kappa shape index (κ1) is 18.9. The number of primary amides is 1. The Bertz CT molecular complexity index is 764. The van der Waals surface area contributed by atoms with Gasteiger partial charge in [-0.2, -0.15) is 0 Å². The van der Waals surface area contributed by atoms with E-state index in [4.69, 9.17) is 10.5 Å². The number of anilines is 1. The van der Waals surface area contributed by atoms with Crippen molar-refractivity contribution in [2.45, 2.75) is 35.8 Å². The van der Waals surface area contributed by atoms with Crippen molar-refractivity contribution in [2.75, 3.05) is 12.4 Å². The maximum Gasteiger partial charge on any atom is 0.313 e. The van der Waals surface area contributed by atoms with E-state index in [0.717, 1.165) is 0 Å². The van der Waals surface area contributed by atoms with Crippen LogP contribution in [0, 0.1) is 5.92 Å². The molecular weight excluding hydrogens is 348 g/mol. The molecule has 3 N–H and O–H groups in total. The van der Waals surface area contributed by atoms with Crippen LogP contribution in [0.4, 0.5) is 5.69 Å². The number of carbonyl (C=O) groups is 3. The van der Waals surface area contributed by atoms with Gasteiger partial charge in [-0.3, -0.25) is 14.4 Å². The Morgan fingerprint density at radius 3 is 2.12 bits per heavy atom. The number of amides is 2. The smallest absolute Gasteiger partial charge is 0.313 e. The van der Waals surface area contributed by atoms with Gasteiger partial charge in [0, 0.05) is 5.69 Å². The van der Waals surface area contributed by atoms with Gasteiger partial charge in [0.25, 0.3) is 0 Å². The fourth-order valence-corrected chi connectivity index (χ4v) is 4.68. The summed E-state index contributed by atoms with van der Waals surface area (Å²) in [5.74, 6) is -2.65. The van der Waals surface area contributed by atoms with Crippen LogP contribution in [0.2, 0.25) is 0 Å². The zero-order valence-electron chi connectivity index (χ0n) is 13.7. The molecule has 0 aromatic heterocycles. The van der Waals surface area contributed by atoms with Gasteiger partial charge >= 0.3 is 17.8 Å². The van der Waals surface area contributed by atoms with Gasteiger partial charge in [0.05, 0.1) is 23.2 Å². The van der Waals surface area contributed by atoms with E-state index in [-0.39, 0.29) is 22.5 Å². The molecule has 0 heterocycles. The van der Waals surface area contributed by atoms with E-state index in [0.29, 0.717) is 25.7 Å². The number of nitrogens with one attached hydrogen (secondary N) is 1. The highest BCUT2D eigenvalue weighted by molar-refractivity contribution is 7.92. The normalized spacial score (nSPS) is 20.5. The fourth-order valence-electron chi connectivity index (χ4n) is 2.89. The standard InChI is InChI=1S/C16H20N2O6S/c1-24-16(21)10-2-6-12(7-3-10)25(22,23)13-8-4-11(5-9-13)18-15(20)14(17)19/h4-5,8-10,12H,2-3,6-7H2,1H3,(H2,17,19)(H,18,20). The number of benzene rings is 1. The van der Waals surface area contributed by atoms with Crippen LogP contribution < -0.4 is 11.1 Å². The van der Waals surface area contributed by atoms with Crippen LogP contribution in [0.1, 0.15) is 25.7 Å².